The lowest BCUT2D eigenvalue weighted by Gasteiger charge is -2.41. The molecule has 1 aromatic carbocycles. The molecule has 22 heavy (non-hydrogen) atoms. The zero-order valence-electron chi connectivity index (χ0n) is 13.1. The van der Waals surface area contributed by atoms with Gasteiger partial charge in [-0.15, -0.1) is 0 Å². The SMILES string of the molecule is c1ccc(N2CCC3(CC2)OCCO3)c(N2CCNCC2)c1. The van der Waals surface area contributed by atoms with Gasteiger partial charge in [0.25, 0.3) is 0 Å². The molecule has 3 aliphatic rings. The van der Waals surface area contributed by atoms with E-state index in [4.69, 9.17) is 9.47 Å². The van der Waals surface area contributed by atoms with Crippen molar-refractivity contribution in [3.8, 4) is 0 Å². The van der Waals surface area contributed by atoms with Crippen LogP contribution in [0.15, 0.2) is 24.3 Å². The number of piperazine rings is 1. The fraction of sp³-hybridized carbons (Fsp3) is 0.647. The summed E-state index contributed by atoms with van der Waals surface area (Å²) in [7, 11) is 0. The van der Waals surface area contributed by atoms with E-state index in [9.17, 15) is 0 Å². The highest BCUT2D eigenvalue weighted by Gasteiger charge is 2.40. The normalized spacial score (nSPS) is 24.9. The summed E-state index contributed by atoms with van der Waals surface area (Å²) in [5, 5.41) is 3.43. The van der Waals surface area contributed by atoms with E-state index in [1.165, 1.54) is 11.4 Å². The Morgan fingerprint density at radius 3 is 1.95 bits per heavy atom. The van der Waals surface area contributed by atoms with Gasteiger partial charge in [0.05, 0.1) is 24.6 Å². The van der Waals surface area contributed by atoms with E-state index in [-0.39, 0.29) is 5.79 Å². The number of nitrogens with zero attached hydrogens (tertiary/aromatic N) is 2. The highest BCUT2D eigenvalue weighted by molar-refractivity contribution is 5.71. The Balaban J connectivity index is 1.50. The first-order valence-corrected chi connectivity index (χ1v) is 8.44. The van der Waals surface area contributed by atoms with E-state index in [2.05, 4.69) is 39.4 Å². The maximum atomic E-state index is 5.84. The zero-order valence-corrected chi connectivity index (χ0v) is 13.1. The van der Waals surface area contributed by atoms with Gasteiger partial charge in [0, 0.05) is 52.1 Å². The topological polar surface area (TPSA) is 37.0 Å². The summed E-state index contributed by atoms with van der Waals surface area (Å²) in [5.41, 5.74) is 2.73. The number of hydrogen-bond acceptors (Lipinski definition) is 5. The molecular weight excluding hydrogens is 278 g/mol. The molecule has 1 N–H and O–H groups in total. The van der Waals surface area contributed by atoms with Crippen LogP contribution in [0.4, 0.5) is 11.4 Å². The average Bonchev–Trinajstić information content (AvgIpc) is 3.05. The summed E-state index contributed by atoms with van der Waals surface area (Å²) in [6, 6.07) is 8.81. The molecule has 4 rings (SSSR count). The Hall–Kier alpha value is -1.30. The first-order valence-electron chi connectivity index (χ1n) is 8.44. The van der Waals surface area contributed by atoms with Gasteiger partial charge in [-0.2, -0.15) is 0 Å². The second kappa shape index (κ2) is 6.07. The third-order valence-electron chi connectivity index (χ3n) is 5.02. The number of anilines is 2. The van der Waals surface area contributed by atoms with Crippen LogP contribution in [0.1, 0.15) is 12.8 Å². The van der Waals surface area contributed by atoms with Crippen LogP contribution in [0.2, 0.25) is 0 Å². The van der Waals surface area contributed by atoms with Crippen molar-refractivity contribution >= 4 is 11.4 Å². The zero-order chi connectivity index (χ0) is 14.8. The standard InChI is InChI=1S/C17H25N3O2/c1-2-4-16(20-11-7-18-8-12-20)15(3-1)19-9-5-17(6-10-19)21-13-14-22-17/h1-4,18H,5-14H2. The highest BCUT2D eigenvalue weighted by atomic mass is 16.7. The summed E-state index contributed by atoms with van der Waals surface area (Å²) in [5.74, 6) is -0.291. The lowest BCUT2D eigenvalue weighted by atomic mass is 10.0. The van der Waals surface area contributed by atoms with E-state index < -0.39 is 0 Å². The van der Waals surface area contributed by atoms with Gasteiger partial charge in [-0.25, -0.2) is 0 Å². The molecule has 5 heteroatoms. The van der Waals surface area contributed by atoms with E-state index >= 15 is 0 Å². The van der Waals surface area contributed by atoms with Gasteiger partial charge in [-0.1, -0.05) is 12.1 Å². The van der Waals surface area contributed by atoms with Crippen LogP contribution in [0.3, 0.4) is 0 Å². The summed E-state index contributed by atoms with van der Waals surface area (Å²) in [4.78, 5) is 4.99. The van der Waals surface area contributed by atoms with Gasteiger partial charge in [-0.05, 0) is 12.1 Å². The van der Waals surface area contributed by atoms with Gasteiger partial charge < -0.3 is 24.6 Å². The number of rotatable bonds is 2. The minimum Gasteiger partial charge on any atom is -0.369 e. The first-order chi connectivity index (χ1) is 10.9. The molecule has 0 aliphatic carbocycles. The lowest BCUT2D eigenvalue weighted by Crippen LogP contribution is -2.47. The van der Waals surface area contributed by atoms with Crippen LogP contribution < -0.4 is 15.1 Å². The minimum atomic E-state index is -0.291. The Labute approximate surface area is 132 Å². The van der Waals surface area contributed by atoms with Crippen LogP contribution in [-0.4, -0.2) is 58.3 Å². The molecule has 3 aliphatic heterocycles. The molecule has 0 saturated carbocycles. The number of para-hydroxylation sites is 2. The third-order valence-corrected chi connectivity index (χ3v) is 5.02. The molecule has 3 saturated heterocycles. The largest absolute Gasteiger partial charge is 0.369 e. The Morgan fingerprint density at radius 1 is 0.818 bits per heavy atom. The smallest absolute Gasteiger partial charge is 0.171 e. The fourth-order valence-corrected chi connectivity index (χ4v) is 3.78. The summed E-state index contributed by atoms with van der Waals surface area (Å²) < 4.78 is 11.7. The van der Waals surface area contributed by atoms with Gasteiger partial charge >= 0.3 is 0 Å². The summed E-state index contributed by atoms with van der Waals surface area (Å²) in [6.07, 6.45) is 1.92. The molecule has 1 spiro atoms. The Bertz CT molecular complexity index is 500. The molecule has 120 valence electrons. The monoisotopic (exact) mass is 303 g/mol. The predicted molar refractivity (Wildman–Crippen MR) is 87.6 cm³/mol. The highest BCUT2D eigenvalue weighted by Crippen LogP contribution is 2.36. The Morgan fingerprint density at radius 2 is 1.36 bits per heavy atom. The molecule has 0 aromatic heterocycles. The van der Waals surface area contributed by atoms with Crippen LogP contribution in [0, 0.1) is 0 Å². The van der Waals surface area contributed by atoms with Crippen LogP contribution in [-0.2, 0) is 9.47 Å². The van der Waals surface area contributed by atoms with Gasteiger partial charge in [-0.3, -0.25) is 0 Å². The minimum absolute atomic E-state index is 0.291. The van der Waals surface area contributed by atoms with Crippen molar-refractivity contribution in [1.29, 1.82) is 0 Å². The number of piperidine rings is 1. The van der Waals surface area contributed by atoms with Crippen molar-refractivity contribution in [2.24, 2.45) is 0 Å². The maximum Gasteiger partial charge on any atom is 0.171 e. The second-order valence-corrected chi connectivity index (χ2v) is 6.32. The number of nitrogens with one attached hydrogen (secondary N) is 1. The molecule has 0 unspecified atom stereocenters. The van der Waals surface area contributed by atoms with Crippen molar-refractivity contribution in [2.45, 2.75) is 18.6 Å². The number of benzene rings is 1. The molecule has 0 amide bonds. The van der Waals surface area contributed by atoms with E-state index in [0.29, 0.717) is 0 Å². The van der Waals surface area contributed by atoms with Gasteiger partial charge in [0.2, 0.25) is 0 Å². The molecule has 1 aromatic rings. The molecule has 0 bridgehead atoms. The van der Waals surface area contributed by atoms with Crippen molar-refractivity contribution in [1.82, 2.24) is 5.32 Å². The lowest BCUT2D eigenvalue weighted by molar-refractivity contribution is -0.169. The molecule has 3 fully saturated rings. The molecule has 5 nitrogen and oxygen atoms in total. The maximum absolute atomic E-state index is 5.84. The Kier molecular flexibility index (Phi) is 3.94. The van der Waals surface area contributed by atoms with Gasteiger partial charge in [0.1, 0.15) is 0 Å². The predicted octanol–water partition coefficient (Wildman–Crippen LogP) is 1.44. The third kappa shape index (κ3) is 2.69. The van der Waals surface area contributed by atoms with E-state index in [1.807, 2.05) is 0 Å². The molecule has 3 heterocycles. The summed E-state index contributed by atoms with van der Waals surface area (Å²) >= 11 is 0. The van der Waals surface area contributed by atoms with Gasteiger partial charge in [0.15, 0.2) is 5.79 Å². The number of hydrogen-bond donors (Lipinski definition) is 1. The van der Waals surface area contributed by atoms with Crippen LogP contribution in [0.25, 0.3) is 0 Å². The molecule has 0 atom stereocenters. The fourth-order valence-electron chi connectivity index (χ4n) is 3.78. The second-order valence-electron chi connectivity index (χ2n) is 6.32. The van der Waals surface area contributed by atoms with Crippen molar-refractivity contribution in [3.05, 3.63) is 24.3 Å². The van der Waals surface area contributed by atoms with Crippen molar-refractivity contribution < 1.29 is 9.47 Å². The first kappa shape index (κ1) is 14.3. The van der Waals surface area contributed by atoms with Crippen LogP contribution in [0.5, 0.6) is 0 Å². The number of ether oxygens (including phenoxy) is 2. The summed E-state index contributed by atoms with van der Waals surface area (Å²) in [6.45, 7) is 7.81. The van der Waals surface area contributed by atoms with E-state index in [0.717, 1.165) is 65.3 Å². The molecule has 0 radical (unpaired) electrons. The van der Waals surface area contributed by atoms with Crippen molar-refractivity contribution in [3.63, 3.8) is 0 Å². The van der Waals surface area contributed by atoms with E-state index in [1.54, 1.807) is 0 Å². The molecular formula is C17H25N3O2. The average molecular weight is 303 g/mol. The quantitative estimate of drug-likeness (QED) is 0.895. The van der Waals surface area contributed by atoms with Crippen molar-refractivity contribution in [2.75, 3.05) is 62.3 Å². The van der Waals surface area contributed by atoms with Crippen LogP contribution >= 0.6 is 0 Å².